The lowest BCUT2D eigenvalue weighted by Gasteiger charge is -2.29. The van der Waals surface area contributed by atoms with Crippen LogP contribution in [0.5, 0.6) is 0 Å². The average Bonchev–Trinajstić information content (AvgIpc) is 3.18. The summed E-state index contributed by atoms with van der Waals surface area (Å²) in [5, 5.41) is 9.66. The number of rotatable bonds is 5. The van der Waals surface area contributed by atoms with Crippen molar-refractivity contribution >= 4 is 23.6 Å². The maximum absolute atomic E-state index is 12.9. The number of hydrogen-bond acceptors (Lipinski definition) is 5. The SMILES string of the molecule is C[C@@H](Sc1nnc(N2CCCCC2)n1-c1ccccc1)C(=O)N1CCCCC1. The summed E-state index contributed by atoms with van der Waals surface area (Å²) in [4.78, 5) is 17.2. The Hall–Kier alpha value is -2.02. The molecule has 6 nitrogen and oxygen atoms in total. The summed E-state index contributed by atoms with van der Waals surface area (Å²) in [7, 11) is 0. The van der Waals surface area contributed by atoms with Crippen LogP contribution in [0.25, 0.3) is 5.69 Å². The molecular formula is C21H29N5OS. The van der Waals surface area contributed by atoms with E-state index >= 15 is 0 Å². The zero-order valence-corrected chi connectivity index (χ0v) is 17.4. The number of benzene rings is 1. The monoisotopic (exact) mass is 399 g/mol. The number of likely N-dealkylation sites (tertiary alicyclic amines) is 1. The van der Waals surface area contributed by atoms with Crippen LogP contribution < -0.4 is 4.90 Å². The highest BCUT2D eigenvalue weighted by atomic mass is 32.2. The number of carbonyl (C=O) groups is 1. The highest BCUT2D eigenvalue weighted by Crippen LogP contribution is 2.31. The maximum atomic E-state index is 12.9. The van der Waals surface area contributed by atoms with Gasteiger partial charge >= 0.3 is 0 Å². The third-order valence-corrected chi connectivity index (χ3v) is 6.60. The van der Waals surface area contributed by atoms with E-state index in [1.165, 1.54) is 37.4 Å². The molecule has 0 aliphatic carbocycles. The van der Waals surface area contributed by atoms with Crippen molar-refractivity contribution in [3.8, 4) is 5.69 Å². The van der Waals surface area contributed by atoms with Crippen LogP contribution in [0.15, 0.2) is 35.5 Å². The summed E-state index contributed by atoms with van der Waals surface area (Å²) in [5.74, 6) is 1.11. The first kappa shape index (κ1) is 19.3. The Morgan fingerprint density at radius 1 is 0.929 bits per heavy atom. The van der Waals surface area contributed by atoms with Crippen LogP contribution in [0.2, 0.25) is 0 Å². The van der Waals surface area contributed by atoms with E-state index in [9.17, 15) is 4.79 Å². The highest BCUT2D eigenvalue weighted by molar-refractivity contribution is 8.00. The summed E-state index contributed by atoms with van der Waals surface area (Å²) in [6, 6.07) is 10.2. The van der Waals surface area contributed by atoms with Gasteiger partial charge in [0.15, 0.2) is 5.16 Å². The minimum Gasteiger partial charge on any atom is -0.342 e. The summed E-state index contributed by atoms with van der Waals surface area (Å²) >= 11 is 1.52. The lowest BCUT2D eigenvalue weighted by molar-refractivity contribution is -0.131. The molecule has 1 aromatic carbocycles. The number of amides is 1. The molecule has 0 spiro atoms. The quantitative estimate of drug-likeness (QED) is 0.717. The van der Waals surface area contributed by atoms with E-state index < -0.39 is 0 Å². The molecule has 2 fully saturated rings. The molecule has 7 heteroatoms. The number of para-hydroxylation sites is 1. The highest BCUT2D eigenvalue weighted by Gasteiger charge is 2.27. The Labute approximate surface area is 171 Å². The van der Waals surface area contributed by atoms with Crippen molar-refractivity contribution in [1.82, 2.24) is 19.7 Å². The van der Waals surface area contributed by atoms with Crippen LogP contribution in [0.4, 0.5) is 5.95 Å². The smallest absolute Gasteiger partial charge is 0.235 e. The maximum Gasteiger partial charge on any atom is 0.235 e. The lowest BCUT2D eigenvalue weighted by atomic mass is 10.1. The molecule has 150 valence electrons. The third-order valence-electron chi connectivity index (χ3n) is 5.57. The van der Waals surface area contributed by atoms with Crippen LogP contribution in [-0.2, 0) is 4.79 Å². The van der Waals surface area contributed by atoms with Crippen LogP contribution in [0, 0.1) is 0 Å². The third kappa shape index (κ3) is 4.19. The van der Waals surface area contributed by atoms with Crippen molar-refractivity contribution in [1.29, 1.82) is 0 Å². The molecule has 28 heavy (non-hydrogen) atoms. The van der Waals surface area contributed by atoms with E-state index in [0.717, 1.165) is 55.8 Å². The first-order chi connectivity index (χ1) is 13.7. The zero-order chi connectivity index (χ0) is 19.3. The minimum atomic E-state index is -0.168. The molecule has 0 N–H and O–H groups in total. The van der Waals surface area contributed by atoms with Crippen LogP contribution >= 0.6 is 11.8 Å². The molecule has 2 aliphatic heterocycles. The Balaban J connectivity index is 1.59. The van der Waals surface area contributed by atoms with E-state index in [2.05, 4.69) is 31.8 Å². The van der Waals surface area contributed by atoms with Crippen molar-refractivity contribution in [2.75, 3.05) is 31.1 Å². The molecule has 0 unspecified atom stereocenters. The number of piperidine rings is 2. The molecule has 0 radical (unpaired) electrons. The van der Waals surface area contributed by atoms with E-state index in [1.54, 1.807) is 0 Å². The zero-order valence-electron chi connectivity index (χ0n) is 16.6. The topological polar surface area (TPSA) is 54.3 Å². The number of anilines is 1. The first-order valence-corrected chi connectivity index (χ1v) is 11.3. The fourth-order valence-corrected chi connectivity index (χ4v) is 4.97. The van der Waals surface area contributed by atoms with Crippen LogP contribution in [-0.4, -0.2) is 57.0 Å². The Bertz CT molecular complexity index is 781. The van der Waals surface area contributed by atoms with Gasteiger partial charge in [-0.1, -0.05) is 30.0 Å². The number of carbonyl (C=O) groups excluding carboxylic acids is 1. The van der Waals surface area contributed by atoms with Crippen molar-refractivity contribution in [3.05, 3.63) is 30.3 Å². The van der Waals surface area contributed by atoms with Crippen molar-refractivity contribution < 1.29 is 4.79 Å². The fourth-order valence-electron chi connectivity index (χ4n) is 4.02. The predicted molar refractivity (Wildman–Crippen MR) is 113 cm³/mol. The largest absolute Gasteiger partial charge is 0.342 e. The average molecular weight is 400 g/mol. The standard InChI is InChI=1S/C21H29N5OS/c1-17(19(27)24-13-7-3-8-14-24)28-21-23-22-20(25-15-9-4-10-16-25)26(21)18-11-5-2-6-12-18/h2,5-6,11-12,17H,3-4,7-10,13-16H2,1H3/t17-/m1/s1. The molecule has 2 saturated heterocycles. The second-order valence-corrected chi connectivity index (χ2v) is 8.96. The lowest BCUT2D eigenvalue weighted by Crippen LogP contribution is -2.40. The van der Waals surface area contributed by atoms with Gasteiger partial charge in [-0.3, -0.25) is 9.36 Å². The molecule has 1 amide bonds. The van der Waals surface area contributed by atoms with E-state index in [0.29, 0.717) is 0 Å². The van der Waals surface area contributed by atoms with Gasteiger partial charge in [-0.05, 0) is 57.6 Å². The Morgan fingerprint density at radius 2 is 1.57 bits per heavy atom. The fraction of sp³-hybridized carbons (Fsp3) is 0.571. The van der Waals surface area contributed by atoms with Crippen molar-refractivity contribution in [3.63, 3.8) is 0 Å². The number of nitrogens with zero attached hydrogens (tertiary/aromatic N) is 5. The summed E-state index contributed by atoms with van der Waals surface area (Å²) < 4.78 is 2.12. The van der Waals surface area contributed by atoms with Crippen molar-refractivity contribution in [2.45, 2.75) is 55.9 Å². The van der Waals surface area contributed by atoms with Crippen molar-refractivity contribution in [2.24, 2.45) is 0 Å². The Morgan fingerprint density at radius 3 is 2.25 bits per heavy atom. The van der Waals surface area contributed by atoms with E-state index in [4.69, 9.17) is 0 Å². The first-order valence-electron chi connectivity index (χ1n) is 10.5. The van der Waals surface area contributed by atoms with Crippen LogP contribution in [0.3, 0.4) is 0 Å². The van der Waals surface area contributed by atoms with Gasteiger partial charge in [0.2, 0.25) is 11.9 Å². The van der Waals surface area contributed by atoms with Gasteiger partial charge in [-0.25, -0.2) is 0 Å². The van der Waals surface area contributed by atoms with Gasteiger partial charge in [0.25, 0.3) is 0 Å². The second-order valence-electron chi connectivity index (χ2n) is 7.65. The Kier molecular flexibility index (Phi) is 6.20. The molecule has 4 rings (SSSR count). The van der Waals surface area contributed by atoms with Crippen LogP contribution in [0.1, 0.15) is 45.4 Å². The molecule has 1 aromatic heterocycles. The molecular weight excluding hydrogens is 370 g/mol. The van der Waals surface area contributed by atoms with E-state index in [1.807, 2.05) is 30.0 Å². The number of hydrogen-bond donors (Lipinski definition) is 0. The summed E-state index contributed by atoms with van der Waals surface area (Å²) in [6.45, 7) is 5.78. The normalized spacial score (nSPS) is 18.9. The second kappa shape index (κ2) is 8.99. The molecule has 1 atom stereocenters. The van der Waals surface area contributed by atoms with Gasteiger partial charge in [0, 0.05) is 26.2 Å². The summed E-state index contributed by atoms with van der Waals surface area (Å²) in [5.41, 5.74) is 1.05. The molecule has 2 aromatic rings. The molecule has 0 bridgehead atoms. The predicted octanol–water partition coefficient (Wildman–Crippen LogP) is 3.75. The van der Waals surface area contributed by atoms with E-state index in [-0.39, 0.29) is 11.2 Å². The molecule has 2 aliphatic rings. The van der Waals surface area contributed by atoms with Gasteiger partial charge in [-0.15, -0.1) is 10.2 Å². The number of aromatic nitrogens is 3. The molecule has 3 heterocycles. The molecule has 0 saturated carbocycles. The van der Waals surface area contributed by atoms with Gasteiger partial charge in [0.1, 0.15) is 0 Å². The number of thioether (sulfide) groups is 1. The minimum absolute atomic E-state index is 0.168. The van der Waals surface area contributed by atoms with Gasteiger partial charge in [-0.2, -0.15) is 0 Å². The summed E-state index contributed by atoms with van der Waals surface area (Å²) in [6.07, 6.45) is 7.11. The van der Waals surface area contributed by atoms with Gasteiger partial charge in [0.05, 0.1) is 10.9 Å². The van der Waals surface area contributed by atoms with Gasteiger partial charge < -0.3 is 9.80 Å².